The molecule has 0 aliphatic carbocycles. The summed E-state index contributed by atoms with van der Waals surface area (Å²) in [6.07, 6.45) is 3.05. The number of esters is 2. The van der Waals surface area contributed by atoms with Crippen molar-refractivity contribution in [3.8, 4) is 0 Å². The van der Waals surface area contributed by atoms with E-state index in [1.807, 2.05) is 0 Å². The van der Waals surface area contributed by atoms with Crippen LogP contribution in [0.1, 0.15) is 52.1 Å². The largest absolute Gasteiger partial charge is 0.459 e. The second-order valence-corrected chi connectivity index (χ2v) is 6.32. The maximum absolute atomic E-state index is 12.2. The Bertz CT molecular complexity index is 734. The molecule has 2 aromatic carbocycles. The zero-order valence-corrected chi connectivity index (χ0v) is 15.7. The number of benzene rings is 2. The molecule has 2 atom stereocenters. The van der Waals surface area contributed by atoms with Crippen LogP contribution in [0.5, 0.6) is 0 Å². The smallest absolute Gasteiger partial charge is 0.338 e. The first kappa shape index (κ1) is 20.2. The first-order chi connectivity index (χ1) is 12.9. The van der Waals surface area contributed by atoms with E-state index in [-0.39, 0.29) is 12.2 Å². The van der Waals surface area contributed by atoms with E-state index in [0.29, 0.717) is 17.5 Å². The van der Waals surface area contributed by atoms with Crippen LogP contribution in [0.4, 0.5) is 0 Å². The van der Waals surface area contributed by atoms with Gasteiger partial charge in [-0.1, -0.05) is 49.6 Å². The summed E-state index contributed by atoms with van der Waals surface area (Å²) in [5, 5.41) is 0. The van der Waals surface area contributed by atoms with Gasteiger partial charge in [0.2, 0.25) is 0 Å². The van der Waals surface area contributed by atoms with Gasteiger partial charge in [0, 0.05) is 6.42 Å². The summed E-state index contributed by atoms with van der Waals surface area (Å²) in [5.41, 5.74) is 2.81. The predicted octanol–water partition coefficient (Wildman–Crippen LogP) is 5.15. The summed E-state index contributed by atoms with van der Waals surface area (Å²) in [6.45, 7) is 10.9. The lowest BCUT2D eigenvalue weighted by molar-refractivity contribution is 0.00764. The lowest BCUT2D eigenvalue weighted by Crippen LogP contribution is -2.23. The van der Waals surface area contributed by atoms with Crippen molar-refractivity contribution in [2.45, 2.75) is 32.5 Å². The minimum atomic E-state index is -0.406. The van der Waals surface area contributed by atoms with Gasteiger partial charge >= 0.3 is 11.9 Å². The summed E-state index contributed by atoms with van der Waals surface area (Å²) in [5.74, 6) is -0.812. The van der Waals surface area contributed by atoms with Crippen molar-refractivity contribution in [1.82, 2.24) is 0 Å². The van der Waals surface area contributed by atoms with Crippen molar-refractivity contribution in [3.63, 3.8) is 0 Å². The van der Waals surface area contributed by atoms with Crippen molar-refractivity contribution in [2.24, 2.45) is 0 Å². The molecule has 2 aromatic rings. The lowest BCUT2D eigenvalue weighted by atomic mass is 10.1. The first-order valence-electron chi connectivity index (χ1n) is 8.80. The monoisotopic (exact) mass is 364 g/mol. The van der Waals surface area contributed by atoms with E-state index in [1.54, 1.807) is 74.5 Å². The Morgan fingerprint density at radius 2 is 1.11 bits per heavy atom. The van der Waals surface area contributed by atoms with E-state index in [1.165, 1.54) is 0 Å². The average molecular weight is 364 g/mol. The van der Waals surface area contributed by atoms with Gasteiger partial charge < -0.3 is 9.47 Å². The zero-order valence-electron chi connectivity index (χ0n) is 15.7. The van der Waals surface area contributed by atoms with E-state index in [2.05, 4.69) is 13.2 Å². The Balaban J connectivity index is 1.85. The molecule has 0 unspecified atom stereocenters. The summed E-state index contributed by atoms with van der Waals surface area (Å²) in [7, 11) is 0. The molecule has 0 spiro atoms. The van der Waals surface area contributed by atoms with Gasteiger partial charge in [0.05, 0.1) is 11.1 Å². The Morgan fingerprint density at radius 1 is 0.778 bits per heavy atom. The van der Waals surface area contributed by atoms with Crippen LogP contribution in [-0.4, -0.2) is 24.1 Å². The third-order valence-electron chi connectivity index (χ3n) is 4.04. The molecule has 0 saturated heterocycles. The van der Waals surface area contributed by atoms with Crippen LogP contribution in [0, 0.1) is 0 Å². The molecule has 0 heterocycles. The lowest BCUT2D eigenvalue weighted by Gasteiger charge is -2.18. The molecule has 2 rings (SSSR count). The average Bonchev–Trinajstić information content (AvgIpc) is 2.67. The van der Waals surface area contributed by atoms with Crippen molar-refractivity contribution in [1.29, 1.82) is 0 Å². The van der Waals surface area contributed by atoms with Crippen molar-refractivity contribution in [3.05, 3.63) is 83.9 Å². The zero-order chi connectivity index (χ0) is 19.8. The quantitative estimate of drug-likeness (QED) is 0.608. The highest BCUT2D eigenvalue weighted by atomic mass is 16.6. The first-order valence-corrected chi connectivity index (χ1v) is 8.80. The second-order valence-electron chi connectivity index (χ2n) is 6.32. The molecule has 0 fully saturated rings. The van der Waals surface area contributed by atoms with Crippen LogP contribution in [0.25, 0.3) is 12.2 Å². The van der Waals surface area contributed by atoms with Crippen LogP contribution in [0.2, 0.25) is 0 Å². The van der Waals surface area contributed by atoms with Crippen LogP contribution in [0.3, 0.4) is 0 Å². The molecule has 0 amide bonds. The molecule has 4 nitrogen and oxygen atoms in total. The number of rotatable bonds is 8. The molecule has 0 aromatic heterocycles. The molecule has 0 aliphatic rings. The summed E-state index contributed by atoms with van der Waals surface area (Å²) in [6, 6.07) is 14.0. The topological polar surface area (TPSA) is 52.6 Å². The highest BCUT2D eigenvalue weighted by Crippen LogP contribution is 2.14. The number of carbonyl (C=O) groups excluding carboxylic acids is 2. The Kier molecular flexibility index (Phi) is 7.12. The van der Waals surface area contributed by atoms with E-state index >= 15 is 0 Å². The maximum atomic E-state index is 12.2. The summed E-state index contributed by atoms with van der Waals surface area (Å²) >= 11 is 0. The predicted molar refractivity (Wildman–Crippen MR) is 107 cm³/mol. The van der Waals surface area contributed by atoms with Crippen molar-refractivity contribution >= 4 is 24.1 Å². The molecule has 27 heavy (non-hydrogen) atoms. The summed E-state index contributed by atoms with van der Waals surface area (Å²) in [4.78, 5) is 24.4. The Morgan fingerprint density at radius 3 is 1.41 bits per heavy atom. The van der Waals surface area contributed by atoms with E-state index in [9.17, 15) is 9.59 Å². The minimum Gasteiger partial charge on any atom is -0.459 e. The van der Waals surface area contributed by atoms with Gasteiger partial charge in [0.25, 0.3) is 0 Å². The molecule has 0 aliphatic heterocycles. The molecule has 140 valence electrons. The van der Waals surface area contributed by atoms with Crippen LogP contribution >= 0.6 is 0 Å². The van der Waals surface area contributed by atoms with Gasteiger partial charge in [0.15, 0.2) is 0 Å². The number of ether oxygens (including phenoxy) is 2. The standard InChI is InChI=1S/C23H24O4/c1-5-18-7-11-20(12-8-18)22(24)26-16(3)15-17(4)27-23(25)21-13-9-19(6-2)10-14-21/h5-14,16-17H,1-2,15H2,3-4H3/t16-,17-/m0/s1. The van der Waals surface area contributed by atoms with E-state index in [0.717, 1.165) is 11.1 Å². The molecular formula is C23H24O4. The third-order valence-corrected chi connectivity index (χ3v) is 4.04. The van der Waals surface area contributed by atoms with Crippen molar-refractivity contribution < 1.29 is 19.1 Å². The number of carbonyl (C=O) groups is 2. The fraction of sp³-hybridized carbons (Fsp3) is 0.217. The molecule has 0 saturated carbocycles. The van der Waals surface area contributed by atoms with E-state index in [4.69, 9.17) is 9.47 Å². The molecule has 4 heteroatoms. The van der Waals surface area contributed by atoms with Gasteiger partial charge in [0.1, 0.15) is 12.2 Å². The number of hydrogen-bond acceptors (Lipinski definition) is 4. The minimum absolute atomic E-state index is 0.387. The Labute approximate surface area is 160 Å². The van der Waals surface area contributed by atoms with Gasteiger partial charge in [-0.15, -0.1) is 0 Å². The van der Waals surface area contributed by atoms with Gasteiger partial charge in [-0.05, 0) is 49.2 Å². The van der Waals surface area contributed by atoms with E-state index < -0.39 is 11.9 Å². The highest BCUT2D eigenvalue weighted by Gasteiger charge is 2.18. The van der Waals surface area contributed by atoms with Gasteiger partial charge in [-0.2, -0.15) is 0 Å². The fourth-order valence-corrected chi connectivity index (χ4v) is 2.58. The Hall–Kier alpha value is -3.14. The maximum Gasteiger partial charge on any atom is 0.338 e. The molecule has 0 bridgehead atoms. The normalized spacial score (nSPS) is 12.5. The van der Waals surface area contributed by atoms with Crippen molar-refractivity contribution in [2.75, 3.05) is 0 Å². The van der Waals surface area contributed by atoms with Gasteiger partial charge in [-0.3, -0.25) is 0 Å². The number of hydrogen-bond donors (Lipinski definition) is 0. The molecule has 0 N–H and O–H groups in total. The second kappa shape index (κ2) is 9.53. The van der Waals surface area contributed by atoms with Crippen LogP contribution < -0.4 is 0 Å². The van der Waals surface area contributed by atoms with Gasteiger partial charge in [-0.25, -0.2) is 9.59 Å². The third kappa shape index (κ3) is 5.96. The van der Waals surface area contributed by atoms with Crippen LogP contribution in [-0.2, 0) is 9.47 Å². The SMILES string of the molecule is C=Cc1ccc(C(=O)O[C@@H](C)C[C@H](C)OC(=O)c2ccc(C=C)cc2)cc1. The van der Waals surface area contributed by atoms with Crippen LogP contribution in [0.15, 0.2) is 61.7 Å². The molecular weight excluding hydrogens is 340 g/mol. The summed E-state index contributed by atoms with van der Waals surface area (Å²) < 4.78 is 10.9. The fourth-order valence-electron chi connectivity index (χ4n) is 2.58. The molecule has 0 radical (unpaired) electrons. The highest BCUT2D eigenvalue weighted by molar-refractivity contribution is 5.90.